The molecule has 6 heteroatoms. The molecule has 2 heterocycles. The van der Waals surface area contributed by atoms with E-state index in [1.807, 2.05) is 17.0 Å². The van der Waals surface area contributed by atoms with Gasteiger partial charge in [-0.25, -0.2) is 4.79 Å². The van der Waals surface area contributed by atoms with Gasteiger partial charge in [-0.3, -0.25) is 4.90 Å². The highest BCUT2D eigenvalue weighted by Crippen LogP contribution is 2.16. The van der Waals surface area contributed by atoms with E-state index in [2.05, 4.69) is 16.3 Å². The van der Waals surface area contributed by atoms with E-state index in [0.29, 0.717) is 5.02 Å². The van der Waals surface area contributed by atoms with Crippen molar-refractivity contribution in [2.24, 2.45) is 0 Å². The topological polar surface area (TPSA) is 44.8 Å². The normalized spacial score (nSPS) is 19.5. The summed E-state index contributed by atoms with van der Waals surface area (Å²) in [4.78, 5) is 16.7. The van der Waals surface area contributed by atoms with Crippen LogP contribution in [0.2, 0.25) is 5.02 Å². The largest absolute Gasteiger partial charge is 0.377 e. The number of nitrogens with one attached hydrogen (secondary N) is 1. The summed E-state index contributed by atoms with van der Waals surface area (Å²) in [7, 11) is 0. The van der Waals surface area contributed by atoms with Gasteiger partial charge in [0.25, 0.3) is 0 Å². The Hall–Kier alpha value is -1.56. The number of anilines is 1. The van der Waals surface area contributed by atoms with Gasteiger partial charge >= 0.3 is 6.03 Å². The van der Waals surface area contributed by atoms with E-state index in [1.54, 1.807) is 12.1 Å². The van der Waals surface area contributed by atoms with Crippen molar-refractivity contribution >= 4 is 23.3 Å². The van der Waals surface area contributed by atoms with Crippen LogP contribution in [0.4, 0.5) is 10.5 Å². The summed E-state index contributed by atoms with van der Waals surface area (Å²) < 4.78 is 5.51. The highest BCUT2D eigenvalue weighted by molar-refractivity contribution is 6.30. The predicted octanol–water partition coefficient (Wildman–Crippen LogP) is 3.23. The Labute approximate surface area is 148 Å². The molecule has 1 aromatic rings. The Balaban J connectivity index is 1.51. The van der Waals surface area contributed by atoms with Crippen molar-refractivity contribution in [1.29, 1.82) is 0 Å². The number of hydrogen-bond acceptors (Lipinski definition) is 3. The molecule has 0 atom stereocenters. The fourth-order valence-electron chi connectivity index (χ4n) is 3.11. The summed E-state index contributed by atoms with van der Waals surface area (Å²) in [6, 6.07) is 7.19. The quantitative estimate of drug-likeness (QED) is 0.852. The Morgan fingerprint density at radius 1 is 1.25 bits per heavy atom. The van der Waals surface area contributed by atoms with Crippen molar-refractivity contribution in [2.75, 3.05) is 51.3 Å². The van der Waals surface area contributed by atoms with Gasteiger partial charge in [0.2, 0.25) is 0 Å². The second-order valence-electron chi connectivity index (χ2n) is 6.26. The first-order chi connectivity index (χ1) is 11.7. The van der Waals surface area contributed by atoms with Gasteiger partial charge in [-0.2, -0.15) is 0 Å². The van der Waals surface area contributed by atoms with Gasteiger partial charge < -0.3 is 15.0 Å². The number of amides is 2. The van der Waals surface area contributed by atoms with Gasteiger partial charge in [-0.1, -0.05) is 23.7 Å². The number of carbonyl (C=O) groups is 1. The molecule has 0 unspecified atom stereocenters. The van der Waals surface area contributed by atoms with Crippen molar-refractivity contribution in [3.8, 4) is 0 Å². The third kappa shape index (κ3) is 4.97. The molecular weight excluding hydrogens is 326 g/mol. The molecule has 5 nitrogen and oxygen atoms in total. The van der Waals surface area contributed by atoms with Crippen molar-refractivity contribution in [3.05, 3.63) is 40.9 Å². The van der Waals surface area contributed by atoms with Gasteiger partial charge in [0, 0.05) is 43.4 Å². The van der Waals surface area contributed by atoms with Crippen molar-refractivity contribution in [3.63, 3.8) is 0 Å². The second-order valence-corrected chi connectivity index (χ2v) is 6.70. The van der Waals surface area contributed by atoms with E-state index in [0.717, 1.165) is 64.5 Å². The standard InChI is InChI=1S/C18H24ClN3O2/c19-16-5-1-6-17(12-16)20-18(23)22-8-3-7-21(9-10-22)13-15-4-2-11-24-14-15/h1,4-6,12H,2-3,7-11,13-14H2,(H,20,23). The molecule has 2 aliphatic heterocycles. The molecule has 1 fully saturated rings. The summed E-state index contributed by atoms with van der Waals surface area (Å²) in [5.74, 6) is 0. The first-order valence-corrected chi connectivity index (χ1v) is 8.88. The lowest BCUT2D eigenvalue weighted by molar-refractivity contribution is 0.142. The zero-order chi connectivity index (χ0) is 16.8. The molecule has 0 aliphatic carbocycles. The molecule has 0 spiro atoms. The van der Waals surface area contributed by atoms with Crippen molar-refractivity contribution in [2.45, 2.75) is 12.8 Å². The van der Waals surface area contributed by atoms with E-state index in [1.165, 1.54) is 5.57 Å². The number of urea groups is 1. The van der Waals surface area contributed by atoms with Crippen LogP contribution in [-0.2, 0) is 4.74 Å². The zero-order valence-corrected chi connectivity index (χ0v) is 14.6. The van der Waals surface area contributed by atoms with Gasteiger partial charge in [0.05, 0.1) is 13.2 Å². The Bertz CT molecular complexity index is 606. The average molecular weight is 350 g/mol. The number of ether oxygens (including phenoxy) is 1. The fourth-order valence-corrected chi connectivity index (χ4v) is 3.30. The molecule has 0 aromatic heterocycles. The minimum atomic E-state index is -0.0562. The SMILES string of the molecule is O=C(Nc1cccc(Cl)c1)N1CCCN(CC2=CCCOC2)CC1. The molecule has 130 valence electrons. The number of rotatable bonds is 3. The summed E-state index contributed by atoms with van der Waals surface area (Å²) >= 11 is 5.96. The molecule has 0 bridgehead atoms. The maximum atomic E-state index is 12.5. The smallest absolute Gasteiger partial charge is 0.321 e. The van der Waals surface area contributed by atoms with Crippen LogP contribution in [0.15, 0.2) is 35.9 Å². The van der Waals surface area contributed by atoms with Crippen LogP contribution in [0.1, 0.15) is 12.8 Å². The van der Waals surface area contributed by atoms with E-state index in [4.69, 9.17) is 16.3 Å². The van der Waals surface area contributed by atoms with E-state index in [9.17, 15) is 4.79 Å². The lowest BCUT2D eigenvalue weighted by Crippen LogP contribution is -2.38. The molecule has 1 aromatic carbocycles. The third-order valence-electron chi connectivity index (χ3n) is 4.36. The minimum absolute atomic E-state index is 0.0562. The number of halogens is 1. The fraction of sp³-hybridized carbons (Fsp3) is 0.500. The highest BCUT2D eigenvalue weighted by atomic mass is 35.5. The molecule has 2 amide bonds. The summed E-state index contributed by atoms with van der Waals surface area (Å²) in [6.07, 6.45) is 4.28. The molecular formula is C18H24ClN3O2. The number of benzene rings is 1. The lowest BCUT2D eigenvalue weighted by atomic mass is 10.2. The van der Waals surface area contributed by atoms with E-state index < -0.39 is 0 Å². The second kappa shape index (κ2) is 8.51. The number of nitrogens with zero attached hydrogens (tertiary/aromatic N) is 2. The maximum absolute atomic E-state index is 12.5. The van der Waals surface area contributed by atoms with Crippen LogP contribution in [0.5, 0.6) is 0 Å². The van der Waals surface area contributed by atoms with Crippen LogP contribution >= 0.6 is 11.6 Å². The van der Waals surface area contributed by atoms with Crippen LogP contribution in [0.25, 0.3) is 0 Å². The molecule has 0 saturated carbocycles. The van der Waals surface area contributed by atoms with Gasteiger partial charge in [-0.15, -0.1) is 0 Å². The lowest BCUT2D eigenvalue weighted by Gasteiger charge is -2.24. The van der Waals surface area contributed by atoms with E-state index in [-0.39, 0.29) is 6.03 Å². The monoisotopic (exact) mass is 349 g/mol. The first kappa shape index (κ1) is 17.3. The Morgan fingerprint density at radius 2 is 2.17 bits per heavy atom. The molecule has 3 rings (SSSR count). The zero-order valence-electron chi connectivity index (χ0n) is 13.8. The van der Waals surface area contributed by atoms with Crippen LogP contribution in [0.3, 0.4) is 0 Å². The summed E-state index contributed by atoms with van der Waals surface area (Å²) in [5, 5.41) is 3.55. The average Bonchev–Trinajstić information content (AvgIpc) is 2.81. The van der Waals surface area contributed by atoms with Gasteiger partial charge in [0.1, 0.15) is 0 Å². The minimum Gasteiger partial charge on any atom is -0.377 e. The van der Waals surface area contributed by atoms with Crippen molar-refractivity contribution in [1.82, 2.24) is 9.80 Å². The summed E-state index contributed by atoms with van der Waals surface area (Å²) in [6.45, 7) is 5.94. The van der Waals surface area contributed by atoms with Gasteiger partial charge in [0.15, 0.2) is 0 Å². The summed E-state index contributed by atoms with van der Waals surface area (Å²) in [5.41, 5.74) is 2.09. The molecule has 24 heavy (non-hydrogen) atoms. The molecule has 0 radical (unpaired) electrons. The number of carbonyl (C=O) groups excluding carboxylic acids is 1. The van der Waals surface area contributed by atoms with Crippen LogP contribution < -0.4 is 5.32 Å². The maximum Gasteiger partial charge on any atom is 0.321 e. The third-order valence-corrected chi connectivity index (χ3v) is 4.60. The van der Waals surface area contributed by atoms with Crippen LogP contribution in [0, 0.1) is 0 Å². The Kier molecular flexibility index (Phi) is 6.12. The Morgan fingerprint density at radius 3 is 2.96 bits per heavy atom. The number of hydrogen-bond donors (Lipinski definition) is 1. The molecule has 1 saturated heterocycles. The molecule has 2 aliphatic rings. The van der Waals surface area contributed by atoms with Crippen molar-refractivity contribution < 1.29 is 9.53 Å². The predicted molar refractivity (Wildman–Crippen MR) is 96.6 cm³/mol. The highest BCUT2D eigenvalue weighted by Gasteiger charge is 2.20. The van der Waals surface area contributed by atoms with Crippen LogP contribution in [-0.4, -0.2) is 61.8 Å². The van der Waals surface area contributed by atoms with E-state index >= 15 is 0 Å². The molecule has 1 N–H and O–H groups in total. The van der Waals surface area contributed by atoms with Gasteiger partial charge in [-0.05, 0) is 36.6 Å². The first-order valence-electron chi connectivity index (χ1n) is 8.50.